The molecule has 0 amide bonds. The van der Waals surface area contributed by atoms with Crippen molar-refractivity contribution in [3.63, 3.8) is 0 Å². The number of aryl methyl sites for hydroxylation is 2. The largest absolute Gasteiger partial charge is 0.0654 e. The lowest BCUT2D eigenvalue weighted by Gasteiger charge is -2.35. The van der Waals surface area contributed by atoms with Crippen molar-refractivity contribution in [3.8, 4) is 100 Å². The number of fused-ring (bicyclic) bond motifs is 15. The molecule has 0 bridgehead atoms. The fourth-order valence-electron chi connectivity index (χ4n) is 20.5. The molecule has 0 unspecified atom stereocenters. The zero-order chi connectivity index (χ0) is 73.8. The average Bonchev–Trinajstić information content (AvgIpc) is 1.56. The Morgan fingerprint density at radius 3 is 0.695 bits per heavy atom. The second kappa shape index (κ2) is 28.1. The van der Waals surface area contributed by atoms with Crippen LogP contribution in [0.5, 0.6) is 0 Å². The molecule has 5 aliphatic rings. The fraction of sp³-hybridized carbons (Fsp3) is 0.429. The Hall–Kier alpha value is -7.80. The molecule has 0 fully saturated rings. The third kappa shape index (κ3) is 12.7. The van der Waals surface area contributed by atoms with Gasteiger partial charge in [0.2, 0.25) is 0 Å². The average molecular weight is 1380 g/mol. The first-order chi connectivity index (χ1) is 50.2. The minimum Gasteiger partial charge on any atom is -0.0654 e. The maximum absolute atomic E-state index is 2.70. The molecule has 15 rings (SSSR count). The highest BCUT2D eigenvalue weighted by molar-refractivity contribution is 5.93. The molecule has 0 aromatic heterocycles. The lowest BCUT2D eigenvalue weighted by molar-refractivity contribution is 0.364. The Bertz CT molecular complexity index is 4920. The lowest BCUT2D eigenvalue weighted by atomic mass is 9.68. The van der Waals surface area contributed by atoms with Gasteiger partial charge < -0.3 is 0 Å². The van der Waals surface area contributed by atoms with Gasteiger partial charge in [0, 0.05) is 27.1 Å². The highest BCUT2D eigenvalue weighted by atomic mass is 14.5. The summed E-state index contributed by atoms with van der Waals surface area (Å²) in [5.74, 6) is 3.68. The molecule has 0 radical (unpaired) electrons. The van der Waals surface area contributed by atoms with Crippen molar-refractivity contribution in [1.29, 1.82) is 0 Å². The van der Waals surface area contributed by atoms with Gasteiger partial charge >= 0.3 is 0 Å². The van der Waals surface area contributed by atoms with Gasteiger partial charge in [-0.15, -0.1) is 0 Å². The summed E-state index contributed by atoms with van der Waals surface area (Å²) in [6, 6.07) is 75.4. The van der Waals surface area contributed by atoms with Gasteiger partial charge in [-0.1, -0.05) is 270 Å². The minimum atomic E-state index is -0.183. The Morgan fingerprint density at radius 2 is 0.448 bits per heavy atom. The Morgan fingerprint density at radius 1 is 0.238 bits per heavy atom. The Balaban J connectivity index is 0.777. The minimum absolute atomic E-state index is 0.0125. The summed E-state index contributed by atoms with van der Waals surface area (Å²) in [6.45, 7) is 43.6. The monoisotopic (exact) mass is 1380 g/mol. The van der Waals surface area contributed by atoms with Crippen LogP contribution in [0.1, 0.15) is 281 Å². The molecule has 10 aromatic carbocycles. The number of rotatable bonds is 26. The van der Waals surface area contributed by atoms with Crippen LogP contribution in [-0.4, -0.2) is 0 Å². The van der Waals surface area contributed by atoms with E-state index in [0.29, 0.717) is 35.5 Å². The van der Waals surface area contributed by atoms with Gasteiger partial charge in [0.1, 0.15) is 0 Å². The molecule has 542 valence electrons. The molecular weight excluding hydrogens is 1260 g/mol. The Kier molecular flexibility index (Phi) is 19.5. The molecular formula is C105H122. The van der Waals surface area contributed by atoms with E-state index in [4.69, 9.17) is 0 Å². The zero-order valence-electron chi connectivity index (χ0n) is 67.6. The van der Waals surface area contributed by atoms with Crippen molar-refractivity contribution in [2.45, 2.75) is 254 Å². The maximum atomic E-state index is 2.70. The second-order valence-electron chi connectivity index (χ2n) is 37.6. The van der Waals surface area contributed by atoms with Crippen molar-refractivity contribution in [1.82, 2.24) is 0 Å². The molecule has 0 atom stereocenters. The topological polar surface area (TPSA) is 0 Å². The molecule has 5 aliphatic carbocycles. The van der Waals surface area contributed by atoms with Crippen LogP contribution >= 0.6 is 0 Å². The van der Waals surface area contributed by atoms with E-state index in [1.165, 1.54) is 216 Å². The van der Waals surface area contributed by atoms with Crippen molar-refractivity contribution in [2.75, 3.05) is 0 Å². The molecule has 0 heteroatoms. The summed E-state index contributed by atoms with van der Waals surface area (Å²) in [7, 11) is 0. The van der Waals surface area contributed by atoms with Gasteiger partial charge in [-0.25, -0.2) is 0 Å². The van der Waals surface area contributed by atoms with Gasteiger partial charge in [-0.2, -0.15) is 0 Å². The predicted octanol–water partition coefficient (Wildman–Crippen LogP) is 30.4. The molecule has 0 saturated heterocycles. The summed E-state index contributed by atoms with van der Waals surface area (Å²) in [6.07, 6.45) is 19.1. The normalized spacial score (nSPS) is 15.9. The van der Waals surface area contributed by atoms with E-state index in [1.54, 1.807) is 27.8 Å². The van der Waals surface area contributed by atoms with Crippen LogP contribution in [0.2, 0.25) is 0 Å². The summed E-state index contributed by atoms with van der Waals surface area (Å²) in [5, 5.41) is 0. The van der Waals surface area contributed by atoms with E-state index < -0.39 is 0 Å². The van der Waals surface area contributed by atoms with E-state index in [1.807, 2.05) is 0 Å². The molecule has 105 heavy (non-hydrogen) atoms. The van der Waals surface area contributed by atoms with Gasteiger partial charge in [-0.3, -0.25) is 0 Å². The first-order valence-corrected chi connectivity index (χ1v) is 41.7. The summed E-state index contributed by atoms with van der Waals surface area (Å²) < 4.78 is 0. The third-order valence-electron chi connectivity index (χ3n) is 26.9. The standard InChI is InChI=1S/C105H122/c1-19-20-21-22-72-24-34-85-86-38-28-76(60-96(86)103(95(85)56-72,49-43-65(2)3)50-44-66(4)5)74-26-36-83-84-37-27-75(59-94(84)102(17,18)93(83)58-74)78-30-40-88-90-42-32-80(64-100(90)105(98(88)62-78,53-47-69(10)11)54-48-70(12)13)79-31-41-89-87-39-29-77(61-97(87)104(99(89)63-79,51-45-67(6)7)52-46-68(8)9)73-25-35-82-81-33-23-71(14)55-91(81)101(15,16)92(82)57-73/h23-42,55-70H,19-22,43-54H2,1-18H3. The summed E-state index contributed by atoms with van der Waals surface area (Å²) in [5.41, 5.74) is 42.5. The second-order valence-corrected chi connectivity index (χ2v) is 37.6. The van der Waals surface area contributed by atoms with Crippen molar-refractivity contribution in [3.05, 3.63) is 249 Å². The molecule has 10 aromatic rings. The highest BCUT2D eigenvalue weighted by Gasteiger charge is 2.48. The fourth-order valence-corrected chi connectivity index (χ4v) is 20.5. The summed E-state index contributed by atoms with van der Waals surface area (Å²) >= 11 is 0. The van der Waals surface area contributed by atoms with Crippen molar-refractivity contribution < 1.29 is 0 Å². The van der Waals surface area contributed by atoms with Crippen LogP contribution in [0.25, 0.3) is 100 Å². The zero-order valence-corrected chi connectivity index (χ0v) is 67.6. The van der Waals surface area contributed by atoms with E-state index in [0.717, 1.165) is 25.7 Å². The van der Waals surface area contributed by atoms with Crippen LogP contribution in [0.4, 0.5) is 0 Å². The molecule has 0 N–H and O–H groups in total. The van der Waals surface area contributed by atoms with Crippen molar-refractivity contribution in [2.24, 2.45) is 35.5 Å². The van der Waals surface area contributed by atoms with Crippen molar-refractivity contribution >= 4 is 0 Å². The van der Waals surface area contributed by atoms with Crippen LogP contribution < -0.4 is 0 Å². The first kappa shape index (κ1) is 72.7. The van der Waals surface area contributed by atoms with Gasteiger partial charge in [0.15, 0.2) is 0 Å². The molecule has 0 spiro atoms. The first-order valence-electron chi connectivity index (χ1n) is 41.7. The van der Waals surface area contributed by atoms with E-state index in [2.05, 4.69) is 307 Å². The number of unbranched alkanes of at least 4 members (excludes halogenated alkanes) is 2. The van der Waals surface area contributed by atoms with Crippen LogP contribution in [0.3, 0.4) is 0 Å². The number of benzene rings is 10. The smallest absolute Gasteiger partial charge is 0.0215 e. The summed E-state index contributed by atoms with van der Waals surface area (Å²) in [4.78, 5) is 0. The molecule has 0 nitrogen and oxygen atoms in total. The van der Waals surface area contributed by atoms with Crippen LogP contribution in [-0.2, 0) is 33.5 Å². The molecule has 0 heterocycles. The number of hydrogen-bond donors (Lipinski definition) is 0. The Labute approximate surface area is 634 Å². The van der Waals surface area contributed by atoms with Gasteiger partial charge in [0.25, 0.3) is 0 Å². The number of hydrogen-bond acceptors (Lipinski definition) is 0. The van der Waals surface area contributed by atoms with E-state index in [9.17, 15) is 0 Å². The van der Waals surface area contributed by atoms with Gasteiger partial charge in [0.05, 0.1) is 0 Å². The molecule has 0 aliphatic heterocycles. The SMILES string of the molecule is CCCCCc1ccc2c(c1)C(CCC(C)C)(CCC(C)C)c1cc(-c3ccc4c(c3)C(C)(C)c3cc(-c5ccc6c(c5)C(CCC(C)C)(CCC(C)C)c5cc(-c7ccc8c(c7)C(CCC(C)C)(CCC(C)C)c7cc(-c9ccc%10c(c9)C(C)(C)c9cc(C)ccc9-%10)ccc7-8)ccc5-6)ccc3-4)ccc1-2. The quantitative estimate of drug-likeness (QED) is 0.0474. The van der Waals surface area contributed by atoms with E-state index in [-0.39, 0.29) is 27.1 Å². The highest BCUT2D eigenvalue weighted by Crippen LogP contribution is 2.62. The maximum Gasteiger partial charge on any atom is 0.0215 e. The van der Waals surface area contributed by atoms with Crippen LogP contribution in [0.15, 0.2) is 182 Å². The lowest BCUT2D eigenvalue weighted by Crippen LogP contribution is -2.27. The van der Waals surface area contributed by atoms with Gasteiger partial charge in [-0.05, 0) is 342 Å². The predicted molar refractivity (Wildman–Crippen MR) is 454 cm³/mol. The van der Waals surface area contributed by atoms with Crippen LogP contribution in [0, 0.1) is 42.4 Å². The van der Waals surface area contributed by atoms with E-state index >= 15 is 0 Å². The third-order valence-corrected chi connectivity index (χ3v) is 26.9. The molecule has 0 saturated carbocycles.